The van der Waals surface area contributed by atoms with E-state index in [0.717, 1.165) is 22.5 Å². The number of rotatable bonds is 3. The van der Waals surface area contributed by atoms with E-state index >= 15 is 0 Å². The van der Waals surface area contributed by atoms with E-state index < -0.39 is 11.9 Å². The molecule has 0 radical (unpaired) electrons. The molecule has 0 fully saturated rings. The van der Waals surface area contributed by atoms with Gasteiger partial charge in [-0.25, -0.2) is 4.68 Å². The van der Waals surface area contributed by atoms with Crippen molar-refractivity contribution in [1.82, 2.24) is 9.78 Å². The smallest absolute Gasteiger partial charge is 0.322 e. The number of nitrogens with zero attached hydrogens (tertiary/aromatic N) is 2. The Balaban J connectivity index is 1.75. The minimum atomic E-state index is -4.51. The second-order valence-corrected chi connectivity index (χ2v) is 7.45. The molecule has 0 aliphatic carbocycles. The first-order chi connectivity index (χ1) is 13.1. The minimum Gasteiger partial charge on any atom is -0.322 e. The minimum absolute atomic E-state index is 0.0140. The van der Waals surface area contributed by atoms with Crippen molar-refractivity contribution >= 4 is 11.6 Å². The maximum absolute atomic E-state index is 13.0. The van der Waals surface area contributed by atoms with Crippen molar-refractivity contribution in [1.29, 1.82) is 0 Å². The van der Waals surface area contributed by atoms with E-state index in [1.165, 1.54) is 24.3 Å². The summed E-state index contributed by atoms with van der Waals surface area (Å²) in [5.41, 5.74) is 1.50. The molecule has 0 bridgehead atoms. The first kappa shape index (κ1) is 19.7. The molecular formula is C21H20F3N3O. The van der Waals surface area contributed by atoms with Crippen molar-refractivity contribution in [2.45, 2.75) is 32.4 Å². The maximum atomic E-state index is 13.0. The molecule has 146 valence electrons. The van der Waals surface area contributed by atoms with Crippen LogP contribution in [-0.2, 0) is 11.6 Å². The van der Waals surface area contributed by atoms with E-state index in [1.54, 1.807) is 0 Å². The Bertz CT molecular complexity index is 966. The molecule has 1 heterocycles. The van der Waals surface area contributed by atoms with Crippen LogP contribution in [0.3, 0.4) is 0 Å². The fourth-order valence-corrected chi connectivity index (χ4v) is 2.73. The van der Waals surface area contributed by atoms with Gasteiger partial charge in [-0.2, -0.15) is 18.3 Å². The SMILES string of the molecule is CC(C)(C)c1ccc(NC(=O)c2ccc(-n3nccc3C(F)(F)F)cc2)cc1. The van der Waals surface area contributed by atoms with Crippen LogP contribution in [0.25, 0.3) is 5.69 Å². The lowest BCUT2D eigenvalue weighted by Crippen LogP contribution is -2.15. The van der Waals surface area contributed by atoms with Gasteiger partial charge in [0.2, 0.25) is 0 Å². The van der Waals surface area contributed by atoms with Gasteiger partial charge in [-0.1, -0.05) is 32.9 Å². The average Bonchev–Trinajstić information content (AvgIpc) is 3.12. The quantitative estimate of drug-likeness (QED) is 0.650. The summed E-state index contributed by atoms with van der Waals surface area (Å²) in [4.78, 5) is 12.4. The van der Waals surface area contributed by atoms with Crippen LogP contribution in [0.5, 0.6) is 0 Å². The predicted molar refractivity (Wildman–Crippen MR) is 102 cm³/mol. The molecule has 4 nitrogen and oxygen atoms in total. The lowest BCUT2D eigenvalue weighted by Gasteiger charge is -2.19. The van der Waals surface area contributed by atoms with Gasteiger partial charge in [-0.3, -0.25) is 4.79 Å². The number of halogens is 3. The first-order valence-corrected chi connectivity index (χ1v) is 8.69. The molecule has 3 rings (SSSR count). The van der Waals surface area contributed by atoms with Crippen molar-refractivity contribution in [2.24, 2.45) is 0 Å². The molecule has 2 aromatic carbocycles. The number of amides is 1. The summed E-state index contributed by atoms with van der Waals surface area (Å²) in [7, 11) is 0. The summed E-state index contributed by atoms with van der Waals surface area (Å²) in [5.74, 6) is -0.341. The lowest BCUT2D eigenvalue weighted by molar-refractivity contribution is -0.142. The van der Waals surface area contributed by atoms with Crippen LogP contribution < -0.4 is 5.32 Å². The van der Waals surface area contributed by atoms with Crippen LogP contribution in [0.1, 0.15) is 42.4 Å². The summed E-state index contributed by atoms with van der Waals surface area (Å²) in [5, 5.41) is 6.50. The Labute approximate surface area is 161 Å². The molecule has 28 heavy (non-hydrogen) atoms. The number of carbonyl (C=O) groups is 1. The van der Waals surface area contributed by atoms with E-state index in [9.17, 15) is 18.0 Å². The Hall–Kier alpha value is -3.09. The molecule has 0 spiro atoms. The second-order valence-electron chi connectivity index (χ2n) is 7.45. The van der Waals surface area contributed by atoms with Gasteiger partial charge in [0.15, 0.2) is 0 Å². The zero-order valence-corrected chi connectivity index (χ0v) is 15.7. The monoisotopic (exact) mass is 387 g/mol. The standard InChI is InChI=1S/C21H20F3N3O/c1-20(2,3)15-6-8-16(9-7-15)26-19(28)14-4-10-17(11-5-14)27-18(12-13-25-27)21(22,23)24/h4-13H,1-3H3,(H,26,28). The highest BCUT2D eigenvalue weighted by Crippen LogP contribution is 2.30. The molecule has 1 N–H and O–H groups in total. The Kier molecular flexibility index (Phi) is 5.02. The van der Waals surface area contributed by atoms with Gasteiger partial charge in [-0.15, -0.1) is 0 Å². The van der Waals surface area contributed by atoms with Crippen LogP contribution in [0.15, 0.2) is 60.8 Å². The highest BCUT2D eigenvalue weighted by atomic mass is 19.4. The highest BCUT2D eigenvalue weighted by Gasteiger charge is 2.35. The Morgan fingerprint density at radius 2 is 1.54 bits per heavy atom. The fraction of sp³-hybridized carbons (Fsp3) is 0.238. The van der Waals surface area contributed by atoms with E-state index in [0.29, 0.717) is 11.3 Å². The molecule has 3 aromatic rings. The molecule has 0 saturated heterocycles. The van der Waals surface area contributed by atoms with Gasteiger partial charge in [0.05, 0.1) is 11.9 Å². The van der Waals surface area contributed by atoms with Crippen molar-refractivity contribution in [2.75, 3.05) is 5.32 Å². The number of benzene rings is 2. The largest absolute Gasteiger partial charge is 0.433 e. The number of alkyl halides is 3. The third-order valence-corrected chi connectivity index (χ3v) is 4.32. The molecular weight excluding hydrogens is 367 g/mol. The third-order valence-electron chi connectivity index (χ3n) is 4.32. The summed E-state index contributed by atoms with van der Waals surface area (Å²) in [6.07, 6.45) is -3.42. The summed E-state index contributed by atoms with van der Waals surface area (Å²) in [6.45, 7) is 6.31. The van der Waals surface area contributed by atoms with Crippen molar-refractivity contribution in [3.05, 3.63) is 77.6 Å². The first-order valence-electron chi connectivity index (χ1n) is 8.69. The molecule has 0 atom stereocenters. The zero-order valence-electron chi connectivity index (χ0n) is 15.7. The van der Waals surface area contributed by atoms with Crippen LogP contribution in [-0.4, -0.2) is 15.7 Å². The highest BCUT2D eigenvalue weighted by molar-refractivity contribution is 6.04. The van der Waals surface area contributed by atoms with Gasteiger partial charge < -0.3 is 5.32 Å². The molecule has 1 amide bonds. The Morgan fingerprint density at radius 3 is 2.07 bits per heavy atom. The zero-order chi connectivity index (χ0) is 20.5. The number of anilines is 1. The van der Waals surface area contributed by atoms with Gasteiger partial charge in [0, 0.05) is 11.3 Å². The molecule has 7 heteroatoms. The van der Waals surface area contributed by atoms with E-state index in [2.05, 4.69) is 31.2 Å². The van der Waals surface area contributed by atoms with E-state index in [1.807, 2.05) is 24.3 Å². The molecule has 0 unspecified atom stereocenters. The normalized spacial score (nSPS) is 12.1. The third kappa shape index (κ3) is 4.24. The van der Waals surface area contributed by atoms with Gasteiger partial charge in [0.25, 0.3) is 5.91 Å². The summed E-state index contributed by atoms with van der Waals surface area (Å²) >= 11 is 0. The topological polar surface area (TPSA) is 46.9 Å². The number of carbonyl (C=O) groups excluding carboxylic acids is 1. The van der Waals surface area contributed by atoms with Crippen LogP contribution in [0.4, 0.5) is 18.9 Å². The van der Waals surface area contributed by atoms with Crippen LogP contribution in [0.2, 0.25) is 0 Å². The second kappa shape index (κ2) is 7.14. The van der Waals surface area contributed by atoms with Crippen LogP contribution in [0, 0.1) is 0 Å². The number of hydrogen-bond acceptors (Lipinski definition) is 2. The van der Waals surface area contributed by atoms with E-state index in [-0.39, 0.29) is 17.0 Å². The van der Waals surface area contributed by atoms with Crippen molar-refractivity contribution < 1.29 is 18.0 Å². The fourth-order valence-electron chi connectivity index (χ4n) is 2.73. The number of nitrogens with one attached hydrogen (secondary N) is 1. The van der Waals surface area contributed by atoms with Crippen molar-refractivity contribution in [3.8, 4) is 5.69 Å². The molecule has 0 aliphatic rings. The number of aromatic nitrogens is 2. The van der Waals surface area contributed by atoms with Crippen LogP contribution >= 0.6 is 0 Å². The van der Waals surface area contributed by atoms with Crippen molar-refractivity contribution in [3.63, 3.8) is 0 Å². The summed E-state index contributed by atoms with van der Waals surface area (Å²) < 4.78 is 39.8. The predicted octanol–water partition coefficient (Wildman–Crippen LogP) is 5.44. The summed E-state index contributed by atoms with van der Waals surface area (Å²) in [6, 6.07) is 14.3. The maximum Gasteiger partial charge on any atom is 0.433 e. The lowest BCUT2D eigenvalue weighted by atomic mass is 9.87. The number of hydrogen-bond donors (Lipinski definition) is 1. The van der Waals surface area contributed by atoms with Gasteiger partial charge in [0.1, 0.15) is 5.69 Å². The van der Waals surface area contributed by atoms with Gasteiger partial charge in [-0.05, 0) is 53.4 Å². The average molecular weight is 387 g/mol. The Morgan fingerprint density at radius 1 is 0.929 bits per heavy atom. The molecule has 1 aromatic heterocycles. The van der Waals surface area contributed by atoms with Gasteiger partial charge >= 0.3 is 6.18 Å². The molecule has 0 saturated carbocycles. The van der Waals surface area contributed by atoms with E-state index in [4.69, 9.17) is 0 Å². The molecule has 0 aliphatic heterocycles.